The number of rotatable bonds is 1. The van der Waals surface area contributed by atoms with Crippen molar-refractivity contribution >= 4 is 11.8 Å². The van der Waals surface area contributed by atoms with Crippen molar-refractivity contribution in [2.45, 2.75) is 0 Å². The number of carboxylic acid groups (broad SMARTS) is 1. The van der Waals surface area contributed by atoms with Gasteiger partial charge in [0.1, 0.15) is 0 Å². The monoisotopic (exact) mass is 154 g/mol. The van der Waals surface area contributed by atoms with E-state index in [1.54, 1.807) is 6.07 Å². The molecule has 0 bridgehead atoms. The highest BCUT2D eigenvalue weighted by Gasteiger charge is 2.01. The van der Waals surface area contributed by atoms with E-state index in [9.17, 15) is 4.79 Å². The Bertz CT molecular complexity index is 277. The van der Waals surface area contributed by atoms with Crippen LogP contribution in [0.5, 0.6) is 0 Å². The highest BCUT2D eigenvalue weighted by Crippen LogP contribution is 1.82. The van der Waals surface area contributed by atoms with Gasteiger partial charge in [-0.1, -0.05) is 0 Å². The Morgan fingerprint density at radius 2 is 2.45 bits per heavy atom. The van der Waals surface area contributed by atoms with Gasteiger partial charge < -0.3 is 10.8 Å². The molecule has 0 saturated heterocycles. The lowest BCUT2D eigenvalue weighted by molar-refractivity contribution is -0.129. The van der Waals surface area contributed by atoms with E-state index in [-0.39, 0.29) is 0 Å². The van der Waals surface area contributed by atoms with Gasteiger partial charge in [0, 0.05) is 0 Å². The maximum absolute atomic E-state index is 10.1. The van der Waals surface area contributed by atoms with E-state index in [2.05, 4.69) is 10.2 Å². The average molecular weight is 154 g/mol. The van der Waals surface area contributed by atoms with Crippen molar-refractivity contribution in [3.05, 3.63) is 18.5 Å². The molecule has 0 radical (unpaired) electrons. The fourth-order valence-electron chi connectivity index (χ4n) is 0.473. The molecule has 0 saturated carbocycles. The van der Waals surface area contributed by atoms with Gasteiger partial charge in [-0.15, -0.1) is 5.10 Å². The number of hydrogen-bond donors (Lipinski definition) is 2. The van der Waals surface area contributed by atoms with Gasteiger partial charge in [-0.3, -0.25) is 0 Å². The highest BCUT2D eigenvalue weighted by molar-refractivity contribution is 6.33. The summed E-state index contributed by atoms with van der Waals surface area (Å²) in [6.07, 6.45) is 2.95. The van der Waals surface area contributed by atoms with E-state index in [0.29, 0.717) is 0 Å². The minimum Gasteiger partial charge on any atom is -0.475 e. The van der Waals surface area contributed by atoms with Crippen molar-refractivity contribution in [2.24, 2.45) is 10.8 Å². The largest absolute Gasteiger partial charge is 0.475 e. The molecule has 0 aromatic carbocycles. The SMILES string of the molecule is N/C(=N\n1cccn1)C(=O)O. The predicted molar refractivity (Wildman–Crippen MR) is 36.9 cm³/mol. The first kappa shape index (κ1) is 7.26. The van der Waals surface area contributed by atoms with Gasteiger partial charge in [0.05, 0.1) is 12.4 Å². The third-order valence-electron chi connectivity index (χ3n) is 0.920. The minimum absolute atomic E-state index is 0.492. The molecule has 6 heteroatoms. The second-order valence-corrected chi connectivity index (χ2v) is 1.72. The van der Waals surface area contributed by atoms with E-state index in [4.69, 9.17) is 10.8 Å². The van der Waals surface area contributed by atoms with Gasteiger partial charge in [0.15, 0.2) is 0 Å². The highest BCUT2D eigenvalue weighted by atomic mass is 16.4. The summed E-state index contributed by atoms with van der Waals surface area (Å²) in [5, 5.41) is 15.3. The summed E-state index contributed by atoms with van der Waals surface area (Å²) >= 11 is 0. The summed E-state index contributed by atoms with van der Waals surface area (Å²) in [5.41, 5.74) is 5.00. The quantitative estimate of drug-likeness (QED) is 0.404. The molecule has 0 unspecified atom stereocenters. The second kappa shape index (κ2) is 2.82. The number of hydrogen-bond acceptors (Lipinski definition) is 3. The van der Waals surface area contributed by atoms with E-state index >= 15 is 0 Å². The van der Waals surface area contributed by atoms with Crippen molar-refractivity contribution < 1.29 is 9.90 Å². The lowest BCUT2D eigenvalue weighted by Crippen LogP contribution is -2.24. The fourth-order valence-corrected chi connectivity index (χ4v) is 0.473. The number of aliphatic carboxylic acids is 1. The maximum atomic E-state index is 10.1. The summed E-state index contributed by atoms with van der Waals surface area (Å²) in [7, 11) is 0. The van der Waals surface area contributed by atoms with Gasteiger partial charge in [-0.05, 0) is 6.07 Å². The molecule has 1 rings (SSSR count). The Morgan fingerprint density at radius 1 is 1.73 bits per heavy atom. The number of carbonyl (C=O) groups is 1. The molecule has 0 amide bonds. The van der Waals surface area contributed by atoms with Crippen LogP contribution in [0.2, 0.25) is 0 Å². The van der Waals surface area contributed by atoms with Gasteiger partial charge in [-0.2, -0.15) is 9.89 Å². The molecule has 0 aliphatic heterocycles. The number of aromatic nitrogens is 2. The smallest absolute Gasteiger partial charge is 0.373 e. The minimum atomic E-state index is -1.26. The topological polar surface area (TPSA) is 93.5 Å². The molecule has 3 N–H and O–H groups in total. The molecule has 0 aliphatic rings. The molecule has 1 aromatic rings. The van der Waals surface area contributed by atoms with Crippen LogP contribution in [0.1, 0.15) is 0 Å². The van der Waals surface area contributed by atoms with Crippen LogP contribution < -0.4 is 5.73 Å². The molecule has 1 heterocycles. The van der Waals surface area contributed by atoms with Crippen LogP contribution in [-0.2, 0) is 4.79 Å². The van der Waals surface area contributed by atoms with Crippen molar-refractivity contribution in [1.29, 1.82) is 0 Å². The molecule has 0 fully saturated rings. The zero-order chi connectivity index (χ0) is 8.27. The molecule has 1 aromatic heterocycles. The molecular formula is C5H6N4O2. The fraction of sp³-hybridized carbons (Fsp3) is 0. The zero-order valence-corrected chi connectivity index (χ0v) is 5.51. The number of amidine groups is 1. The van der Waals surface area contributed by atoms with E-state index in [1.165, 1.54) is 12.4 Å². The molecule has 0 aliphatic carbocycles. The van der Waals surface area contributed by atoms with Crippen molar-refractivity contribution in [2.75, 3.05) is 0 Å². The predicted octanol–water partition coefficient (Wildman–Crippen LogP) is -0.912. The maximum Gasteiger partial charge on any atom is 0.373 e. The number of nitrogens with two attached hydrogens (primary N) is 1. The lowest BCUT2D eigenvalue weighted by Gasteiger charge is -1.91. The van der Waals surface area contributed by atoms with Crippen molar-refractivity contribution in [3.63, 3.8) is 0 Å². The Kier molecular flexibility index (Phi) is 1.86. The van der Waals surface area contributed by atoms with Crippen LogP contribution in [0.25, 0.3) is 0 Å². The van der Waals surface area contributed by atoms with E-state index in [0.717, 1.165) is 4.79 Å². The normalized spacial score (nSPS) is 11.5. The number of nitrogens with zero attached hydrogens (tertiary/aromatic N) is 3. The summed E-state index contributed by atoms with van der Waals surface area (Å²) < 4.78 is 0. The van der Waals surface area contributed by atoms with E-state index < -0.39 is 11.8 Å². The van der Waals surface area contributed by atoms with Crippen LogP contribution in [0.15, 0.2) is 23.6 Å². The first-order valence-corrected chi connectivity index (χ1v) is 2.77. The Morgan fingerprint density at radius 3 is 2.91 bits per heavy atom. The average Bonchev–Trinajstić information content (AvgIpc) is 2.39. The first-order chi connectivity index (χ1) is 5.20. The number of carboxylic acids is 1. The van der Waals surface area contributed by atoms with Crippen LogP contribution >= 0.6 is 0 Å². The molecule has 0 atom stereocenters. The van der Waals surface area contributed by atoms with Crippen LogP contribution in [0.3, 0.4) is 0 Å². The van der Waals surface area contributed by atoms with E-state index in [1.807, 2.05) is 0 Å². The van der Waals surface area contributed by atoms with Crippen LogP contribution in [0.4, 0.5) is 0 Å². The molecular weight excluding hydrogens is 148 g/mol. The second-order valence-electron chi connectivity index (χ2n) is 1.72. The van der Waals surface area contributed by atoms with Crippen LogP contribution in [-0.4, -0.2) is 26.8 Å². The molecule has 58 valence electrons. The zero-order valence-electron chi connectivity index (χ0n) is 5.51. The first-order valence-electron chi connectivity index (χ1n) is 2.77. The van der Waals surface area contributed by atoms with Gasteiger partial charge in [-0.25, -0.2) is 4.79 Å². The Labute approximate surface area is 61.9 Å². The van der Waals surface area contributed by atoms with Crippen molar-refractivity contribution in [1.82, 2.24) is 9.89 Å². The Balaban J connectivity index is 2.82. The third-order valence-corrected chi connectivity index (χ3v) is 0.920. The van der Waals surface area contributed by atoms with Gasteiger partial charge in [0.25, 0.3) is 0 Å². The molecule has 11 heavy (non-hydrogen) atoms. The molecule has 0 spiro atoms. The Hall–Kier alpha value is -1.85. The lowest BCUT2D eigenvalue weighted by atomic mass is 10.6. The van der Waals surface area contributed by atoms with Crippen molar-refractivity contribution in [3.8, 4) is 0 Å². The van der Waals surface area contributed by atoms with Gasteiger partial charge in [0.2, 0.25) is 5.84 Å². The standard InChI is InChI=1S/C5H6N4O2/c6-4(5(10)11)8-9-3-1-2-7-9/h1-3H,(H2,6,8)(H,10,11). The van der Waals surface area contributed by atoms with Gasteiger partial charge >= 0.3 is 5.97 Å². The molecule has 6 nitrogen and oxygen atoms in total. The summed E-state index contributed by atoms with van der Waals surface area (Å²) in [5.74, 6) is -1.76. The van der Waals surface area contributed by atoms with Crippen LogP contribution in [0, 0.1) is 0 Å². The summed E-state index contributed by atoms with van der Waals surface area (Å²) in [4.78, 5) is 11.2. The summed E-state index contributed by atoms with van der Waals surface area (Å²) in [6.45, 7) is 0. The third kappa shape index (κ3) is 1.78. The summed E-state index contributed by atoms with van der Waals surface area (Å²) in [6, 6.07) is 1.61.